The number of carbonyl (C=O) groups excluding carboxylic acids is 1. The van der Waals surface area contributed by atoms with E-state index >= 15 is 0 Å². The van der Waals surface area contributed by atoms with Crippen LogP contribution in [-0.2, 0) is 0 Å². The average Bonchev–Trinajstić information content (AvgIpc) is 2.52. The number of nitrogens with one attached hydrogen (secondary N) is 2. The van der Waals surface area contributed by atoms with Crippen molar-refractivity contribution in [2.45, 2.75) is 12.8 Å². The van der Waals surface area contributed by atoms with Gasteiger partial charge in [-0.1, -0.05) is 6.07 Å². The van der Waals surface area contributed by atoms with Crippen molar-refractivity contribution in [3.8, 4) is 0 Å². The van der Waals surface area contributed by atoms with Crippen molar-refractivity contribution in [2.75, 3.05) is 38.1 Å². The molecule has 1 aromatic rings. The Morgan fingerprint density at radius 1 is 1.41 bits per heavy atom. The van der Waals surface area contributed by atoms with Gasteiger partial charge in [0.1, 0.15) is 0 Å². The van der Waals surface area contributed by atoms with Gasteiger partial charge in [0.05, 0.1) is 5.69 Å². The molecule has 5 nitrogen and oxygen atoms in total. The second-order valence-corrected chi connectivity index (χ2v) is 5.47. The molecule has 2 rings (SSSR count). The lowest BCUT2D eigenvalue weighted by molar-refractivity contribution is 0.121. The summed E-state index contributed by atoms with van der Waals surface area (Å²) in [6.07, 6.45) is 2.06. The number of hydrogen-bond acceptors (Lipinski definition) is 3. The van der Waals surface area contributed by atoms with E-state index in [4.69, 9.17) is 5.11 Å². The van der Waals surface area contributed by atoms with Crippen LogP contribution in [0.3, 0.4) is 0 Å². The molecule has 7 heteroatoms. The van der Waals surface area contributed by atoms with Gasteiger partial charge in [0.25, 0.3) is 0 Å². The molecule has 1 saturated heterocycles. The predicted molar refractivity (Wildman–Crippen MR) is 79.6 cm³/mol. The lowest BCUT2D eigenvalue weighted by Crippen LogP contribution is -2.42. The minimum Gasteiger partial charge on any atom is -0.396 e. The van der Waals surface area contributed by atoms with Gasteiger partial charge in [-0.25, -0.2) is 13.6 Å². The van der Waals surface area contributed by atoms with Crippen LogP contribution in [0.1, 0.15) is 12.8 Å². The Hall–Kier alpha value is -1.73. The van der Waals surface area contributed by atoms with Gasteiger partial charge in [-0.15, -0.1) is 0 Å². The maximum absolute atomic E-state index is 13.4. The first kappa shape index (κ1) is 16.6. The number of hydrogen-bond donors (Lipinski definition) is 3. The number of urea groups is 1. The minimum atomic E-state index is -1.07. The third-order valence-corrected chi connectivity index (χ3v) is 3.77. The number of likely N-dealkylation sites (tertiary alicyclic amines) is 1. The number of rotatable bonds is 5. The van der Waals surface area contributed by atoms with Gasteiger partial charge in [-0.05, 0) is 37.4 Å². The third kappa shape index (κ3) is 4.64. The number of benzene rings is 1. The maximum Gasteiger partial charge on any atom is 0.319 e. The number of aliphatic hydroxyl groups excluding tert-OH is 1. The molecule has 1 aliphatic heterocycles. The molecule has 1 unspecified atom stereocenters. The van der Waals surface area contributed by atoms with Crippen LogP contribution >= 0.6 is 0 Å². The number of nitrogens with zero attached hydrogens (tertiary/aromatic N) is 1. The number of amides is 2. The molecule has 1 atom stereocenters. The second-order valence-electron chi connectivity index (χ2n) is 5.47. The standard InChI is InChI=1S/C15H21F2N3O2/c16-12-4-1-5-13(14(12)17)19-15(22)18-6-8-20-7-2-3-11(9-20)10-21/h1,4-5,11,21H,2-3,6-10H2,(H2,18,19,22). The molecule has 0 spiro atoms. The largest absolute Gasteiger partial charge is 0.396 e. The maximum atomic E-state index is 13.4. The van der Waals surface area contributed by atoms with Crippen LogP contribution in [0.5, 0.6) is 0 Å². The molecular formula is C15H21F2N3O2. The SMILES string of the molecule is O=C(NCCN1CCCC(CO)C1)Nc1cccc(F)c1F. The van der Waals surface area contributed by atoms with Crippen molar-refractivity contribution in [2.24, 2.45) is 5.92 Å². The fourth-order valence-corrected chi connectivity index (χ4v) is 2.60. The summed E-state index contributed by atoms with van der Waals surface area (Å²) >= 11 is 0. The Morgan fingerprint density at radius 3 is 3.00 bits per heavy atom. The van der Waals surface area contributed by atoms with Crippen LogP contribution in [0.4, 0.5) is 19.3 Å². The Labute approximate surface area is 128 Å². The Balaban J connectivity index is 1.73. The summed E-state index contributed by atoms with van der Waals surface area (Å²) < 4.78 is 26.4. The van der Waals surface area contributed by atoms with Crippen molar-refractivity contribution in [1.29, 1.82) is 0 Å². The van der Waals surface area contributed by atoms with Gasteiger partial charge >= 0.3 is 6.03 Å². The highest BCUT2D eigenvalue weighted by atomic mass is 19.2. The Bertz CT molecular complexity index is 514. The molecular weight excluding hydrogens is 292 g/mol. The Kier molecular flexibility index (Phi) is 6.09. The van der Waals surface area contributed by atoms with E-state index in [2.05, 4.69) is 15.5 Å². The number of aliphatic hydroxyl groups is 1. The van der Waals surface area contributed by atoms with Crippen molar-refractivity contribution < 1.29 is 18.7 Å². The molecule has 0 aromatic heterocycles. The number of halogens is 2. The molecule has 1 heterocycles. The van der Waals surface area contributed by atoms with Crippen LogP contribution in [-0.4, -0.2) is 48.8 Å². The van der Waals surface area contributed by atoms with E-state index in [0.29, 0.717) is 19.0 Å². The normalized spacial score (nSPS) is 19.0. The number of carbonyl (C=O) groups is 1. The lowest BCUT2D eigenvalue weighted by atomic mass is 9.99. The average molecular weight is 313 g/mol. The third-order valence-electron chi connectivity index (χ3n) is 3.77. The van der Waals surface area contributed by atoms with Crippen molar-refractivity contribution in [1.82, 2.24) is 10.2 Å². The highest BCUT2D eigenvalue weighted by Crippen LogP contribution is 2.16. The van der Waals surface area contributed by atoms with Crippen molar-refractivity contribution >= 4 is 11.7 Å². The van der Waals surface area contributed by atoms with Gasteiger partial charge in [0.15, 0.2) is 11.6 Å². The highest BCUT2D eigenvalue weighted by Gasteiger charge is 2.18. The Morgan fingerprint density at radius 2 is 2.23 bits per heavy atom. The van der Waals surface area contributed by atoms with E-state index in [0.717, 1.165) is 32.0 Å². The minimum absolute atomic E-state index is 0.184. The number of piperidine rings is 1. The lowest BCUT2D eigenvalue weighted by Gasteiger charge is -2.31. The predicted octanol–water partition coefficient (Wildman–Crippen LogP) is 1.79. The smallest absolute Gasteiger partial charge is 0.319 e. The zero-order valence-corrected chi connectivity index (χ0v) is 12.3. The van der Waals surface area contributed by atoms with Gasteiger partial charge in [-0.2, -0.15) is 0 Å². The van der Waals surface area contributed by atoms with E-state index in [1.54, 1.807) is 0 Å². The quantitative estimate of drug-likeness (QED) is 0.776. The molecule has 1 fully saturated rings. The van der Waals surface area contributed by atoms with Crippen LogP contribution < -0.4 is 10.6 Å². The van der Waals surface area contributed by atoms with Gasteiger partial charge < -0.3 is 20.6 Å². The second kappa shape index (κ2) is 8.05. The first-order valence-corrected chi connectivity index (χ1v) is 7.42. The molecule has 1 aliphatic rings. The fourth-order valence-electron chi connectivity index (χ4n) is 2.60. The summed E-state index contributed by atoms with van der Waals surface area (Å²) in [4.78, 5) is 13.8. The molecule has 22 heavy (non-hydrogen) atoms. The summed E-state index contributed by atoms with van der Waals surface area (Å²) in [6.45, 7) is 3.01. The zero-order valence-electron chi connectivity index (χ0n) is 12.3. The van der Waals surface area contributed by atoms with Gasteiger partial charge in [0.2, 0.25) is 0 Å². The summed E-state index contributed by atoms with van der Waals surface area (Å²) in [5, 5.41) is 14.1. The fraction of sp³-hybridized carbons (Fsp3) is 0.533. The molecule has 0 saturated carbocycles. The van der Waals surface area contributed by atoms with Crippen LogP contribution in [0.15, 0.2) is 18.2 Å². The van der Waals surface area contributed by atoms with E-state index in [1.165, 1.54) is 12.1 Å². The summed E-state index contributed by atoms with van der Waals surface area (Å²) in [7, 11) is 0. The van der Waals surface area contributed by atoms with Crippen LogP contribution in [0, 0.1) is 17.6 Å². The topological polar surface area (TPSA) is 64.6 Å². The molecule has 0 bridgehead atoms. The molecule has 3 N–H and O–H groups in total. The van der Waals surface area contributed by atoms with E-state index in [1.807, 2.05) is 0 Å². The summed E-state index contributed by atoms with van der Waals surface area (Å²) in [5.41, 5.74) is -0.184. The highest BCUT2D eigenvalue weighted by molar-refractivity contribution is 5.89. The molecule has 2 amide bonds. The van der Waals surface area contributed by atoms with Gasteiger partial charge in [0, 0.05) is 26.2 Å². The molecule has 0 radical (unpaired) electrons. The monoisotopic (exact) mass is 313 g/mol. The number of anilines is 1. The summed E-state index contributed by atoms with van der Waals surface area (Å²) in [5.74, 6) is -1.77. The van der Waals surface area contributed by atoms with E-state index < -0.39 is 17.7 Å². The summed E-state index contributed by atoms with van der Waals surface area (Å²) in [6, 6.07) is 3.05. The first-order chi connectivity index (χ1) is 10.6. The van der Waals surface area contributed by atoms with Crippen LogP contribution in [0.25, 0.3) is 0 Å². The molecule has 0 aliphatic carbocycles. The molecule has 1 aromatic carbocycles. The van der Waals surface area contributed by atoms with Crippen molar-refractivity contribution in [3.05, 3.63) is 29.8 Å². The van der Waals surface area contributed by atoms with Gasteiger partial charge in [-0.3, -0.25) is 0 Å². The van der Waals surface area contributed by atoms with Crippen LogP contribution in [0.2, 0.25) is 0 Å². The van der Waals surface area contributed by atoms with Crippen molar-refractivity contribution in [3.63, 3.8) is 0 Å². The zero-order chi connectivity index (χ0) is 15.9. The first-order valence-electron chi connectivity index (χ1n) is 7.42. The van der Waals surface area contributed by atoms with E-state index in [-0.39, 0.29) is 12.3 Å². The van der Waals surface area contributed by atoms with E-state index in [9.17, 15) is 13.6 Å². The molecule has 122 valence electrons.